The minimum atomic E-state index is -1.61. The first kappa shape index (κ1) is 18.8. The second-order valence-corrected chi connectivity index (χ2v) is 6.01. The molecule has 2 atom stereocenters. The molecule has 0 saturated heterocycles. The van der Waals surface area contributed by atoms with Crippen molar-refractivity contribution >= 4 is 17.3 Å². The van der Waals surface area contributed by atoms with Crippen molar-refractivity contribution in [2.45, 2.75) is 39.2 Å². The van der Waals surface area contributed by atoms with Crippen LogP contribution < -0.4 is 10.6 Å². The molecule has 0 radical (unpaired) electrons. The molecule has 2 aromatic carbocycles. The van der Waals surface area contributed by atoms with E-state index < -0.39 is 35.1 Å². The minimum Gasteiger partial charge on any atom is -0.374 e. The number of hydrogen-bond acceptors (Lipinski definition) is 2. The number of benzene rings is 2. The molecule has 3 nitrogen and oxygen atoms in total. The van der Waals surface area contributed by atoms with Gasteiger partial charge in [-0.2, -0.15) is 0 Å². The van der Waals surface area contributed by atoms with Gasteiger partial charge >= 0.3 is 0 Å². The van der Waals surface area contributed by atoms with E-state index in [4.69, 9.17) is 0 Å². The Labute approximate surface area is 145 Å². The molecule has 0 aliphatic heterocycles. The number of anilines is 2. The summed E-state index contributed by atoms with van der Waals surface area (Å²) in [5, 5.41) is 5.24. The van der Waals surface area contributed by atoms with Gasteiger partial charge in [0, 0.05) is 5.69 Å². The molecule has 2 aromatic rings. The molecule has 0 aliphatic rings. The number of rotatable bonds is 6. The van der Waals surface area contributed by atoms with Crippen LogP contribution in [0.2, 0.25) is 0 Å². The van der Waals surface area contributed by atoms with Crippen molar-refractivity contribution in [3.63, 3.8) is 0 Å². The summed E-state index contributed by atoms with van der Waals surface area (Å²) in [6.45, 7) is 5.84. The van der Waals surface area contributed by atoms with Crippen molar-refractivity contribution in [2.75, 3.05) is 10.6 Å². The average molecular weight is 350 g/mol. The SMILES string of the molecule is CC[C@@H](C)c1ccc(N[C@H](C)C(=O)Nc2ccc(F)c(F)c2F)cc1. The van der Waals surface area contributed by atoms with E-state index in [1.54, 1.807) is 6.92 Å². The molecule has 1 amide bonds. The standard InChI is InChI=1S/C19H21F3N2O/c1-4-11(2)13-5-7-14(8-6-13)23-12(3)19(25)24-16-10-9-15(20)17(21)18(16)22/h5-12,23H,4H2,1-3H3,(H,24,25)/t11-,12-/m1/s1. The van der Waals surface area contributed by atoms with Crippen LogP contribution in [0.5, 0.6) is 0 Å². The summed E-state index contributed by atoms with van der Waals surface area (Å²) in [5.41, 5.74) is 1.54. The maximum atomic E-state index is 13.6. The lowest BCUT2D eigenvalue weighted by Crippen LogP contribution is -2.32. The third-order valence-electron chi connectivity index (χ3n) is 4.16. The number of hydrogen-bond donors (Lipinski definition) is 2. The first-order chi connectivity index (χ1) is 11.8. The van der Waals surface area contributed by atoms with Gasteiger partial charge in [0.2, 0.25) is 5.91 Å². The molecule has 0 saturated carbocycles. The topological polar surface area (TPSA) is 41.1 Å². The fourth-order valence-electron chi connectivity index (χ4n) is 2.32. The van der Waals surface area contributed by atoms with Crippen LogP contribution in [0.4, 0.5) is 24.5 Å². The van der Waals surface area contributed by atoms with Crippen LogP contribution in [0.3, 0.4) is 0 Å². The van der Waals surface area contributed by atoms with E-state index in [1.807, 2.05) is 24.3 Å². The molecule has 25 heavy (non-hydrogen) atoms. The zero-order chi connectivity index (χ0) is 18.6. The Kier molecular flexibility index (Phi) is 6.07. The van der Waals surface area contributed by atoms with Crippen molar-refractivity contribution in [1.29, 1.82) is 0 Å². The Morgan fingerprint density at radius 3 is 2.24 bits per heavy atom. The summed E-state index contributed by atoms with van der Waals surface area (Å²) in [5.74, 6) is -4.44. The molecule has 0 aliphatic carbocycles. The molecule has 0 spiro atoms. The third-order valence-corrected chi connectivity index (χ3v) is 4.16. The van der Waals surface area contributed by atoms with Gasteiger partial charge in [0.05, 0.1) is 5.69 Å². The minimum absolute atomic E-state index is 0.398. The second kappa shape index (κ2) is 8.05. The van der Waals surface area contributed by atoms with E-state index in [-0.39, 0.29) is 0 Å². The van der Waals surface area contributed by atoms with Crippen molar-refractivity contribution in [1.82, 2.24) is 0 Å². The summed E-state index contributed by atoms with van der Waals surface area (Å²) >= 11 is 0. The molecule has 2 N–H and O–H groups in total. The van der Waals surface area contributed by atoms with Gasteiger partial charge in [0.1, 0.15) is 6.04 Å². The predicted molar refractivity (Wildman–Crippen MR) is 93.2 cm³/mol. The van der Waals surface area contributed by atoms with Crippen molar-refractivity contribution in [2.24, 2.45) is 0 Å². The van der Waals surface area contributed by atoms with Crippen LogP contribution in [0, 0.1) is 17.5 Å². The lowest BCUT2D eigenvalue weighted by atomic mass is 9.98. The Bertz CT molecular complexity index is 747. The van der Waals surface area contributed by atoms with Crippen LogP contribution >= 0.6 is 0 Å². The molecule has 0 bridgehead atoms. The average Bonchev–Trinajstić information content (AvgIpc) is 2.62. The van der Waals surface area contributed by atoms with Gasteiger partial charge in [0.15, 0.2) is 17.5 Å². The highest BCUT2D eigenvalue weighted by atomic mass is 19.2. The van der Waals surface area contributed by atoms with E-state index in [9.17, 15) is 18.0 Å². The number of halogens is 3. The van der Waals surface area contributed by atoms with E-state index in [1.165, 1.54) is 5.56 Å². The Hall–Kier alpha value is -2.50. The lowest BCUT2D eigenvalue weighted by Gasteiger charge is -2.17. The molecule has 0 heterocycles. The highest BCUT2D eigenvalue weighted by Gasteiger charge is 2.18. The van der Waals surface area contributed by atoms with Gasteiger partial charge in [-0.05, 0) is 49.1 Å². The Morgan fingerprint density at radius 2 is 1.64 bits per heavy atom. The number of nitrogens with one attached hydrogen (secondary N) is 2. The van der Waals surface area contributed by atoms with Gasteiger partial charge in [-0.15, -0.1) is 0 Å². The Balaban J connectivity index is 2.02. The van der Waals surface area contributed by atoms with Gasteiger partial charge in [-0.3, -0.25) is 4.79 Å². The first-order valence-corrected chi connectivity index (χ1v) is 8.14. The molecule has 0 unspecified atom stereocenters. The summed E-state index contributed by atoms with van der Waals surface area (Å²) in [6, 6.07) is 8.75. The highest BCUT2D eigenvalue weighted by molar-refractivity contribution is 5.96. The van der Waals surface area contributed by atoms with Crippen LogP contribution in [0.15, 0.2) is 36.4 Å². The largest absolute Gasteiger partial charge is 0.374 e. The van der Waals surface area contributed by atoms with Gasteiger partial charge in [-0.25, -0.2) is 13.2 Å². The van der Waals surface area contributed by atoms with Crippen molar-refractivity contribution in [3.05, 3.63) is 59.4 Å². The van der Waals surface area contributed by atoms with E-state index in [0.717, 1.165) is 24.2 Å². The maximum Gasteiger partial charge on any atom is 0.246 e. The molecule has 134 valence electrons. The summed E-state index contributed by atoms with van der Waals surface area (Å²) in [4.78, 5) is 12.1. The molecule has 0 aromatic heterocycles. The van der Waals surface area contributed by atoms with Crippen LogP contribution in [0.25, 0.3) is 0 Å². The number of carbonyl (C=O) groups excluding carboxylic acids is 1. The first-order valence-electron chi connectivity index (χ1n) is 8.14. The maximum absolute atomic E-state index is 13.6. The third kappa shape index (κ3) is 4.53. The van der Waals surface area contributed by atoms with E-state index >= 15 is 0 Å². The van der Waals surface area contributed by atoms with E-state index in [0.29, 0.717) is 5.92 Å². The van der Waals surface area contributed by atoms with Gasteiger partial charge < -0.3 is 10.6 Å². The number of amides is 1. The predicted octanol–water partition coefficient (Wildman–Crippen LogP) is 5.06. The van der Waals surface area contributed by atoms with Gasteiger partial charge in [-0.1, -0.05) is 26.0 Å². The zero-order valence-electron chi connectivity index (χ0n) is 14.4. The summed E-state index contributed by atoms with van der Waals surface area (Å²) in [6.07, 6.45) is 1.03. The van der Waals surface area contributed by atoms with Crippen molar-refractivity contribution in [3.8, 4) is 0 Å². The fourth-order valence-corrected chi connectivity index (χ4v) is 2.32. The van der Waals surface area contributed by atoms with Crippen LogP contribution in [-0.4, -0.2) is 11.9 Å². The number of carbonyl (C=O) groups is 1. The van der Waals surface area contributed by atoms with Crippen LogP contribution in [-0.2, 0) is 4.79 Å². The Morgan fingerprint density at radius 1 is 1.00 bits per heavy atom. The normalized spacial score (nSPS) is 13.2. The molecular weight excluding hydrogens is 329 g/mol. The second-order valence-electron chi connectivity index (χ2n) is 6.01. The molecule has 0 fully saturated rings. The zero-order valence-corrected chi connectivity index (χ0v) is 14.4. The smallest absolute Gasteiger partial charge is 0.246 e. The van der Waals surface area contributed by atoms with E-state index in [2.05, 4.69) is 24.5 Å². The lowest BCUT2D eigenvalue weighted by molar-refractivity contribution is -0.116. The van der Waals surface area contributed by atoms with Crippen molar-refractivity contribution < 1.29 is 18.0 Å². The molecule has 6 heteroatoms. The van der Waals surface area contributed by atoms with Gasteiger partial charge in [0.25, 0.3) is 0 Å². The highest BCUT2D eigenvalue weighted by Crippen LogP contribution is 2.22. The molecule has 2 rings (SSSR count). The fraction of sp³-hybridized carbons (Fsp3) is 0.316. The quantitative estimate of drug-likeness (QED) is 0.715. The molecular formula is C19H21F3N2O. The monoisotopic (exact) mass is 350 g/mol. The van der Waals surface area contributed by atoms with Crippen LogP contribution in [0.1, 0.15) is 38.7 Å². The summed E-state index contributed by atoms with van der Waals surface area (Å²) < 4.78 is 39.7. The summed E-state index contributed by atoms with van der Waals surface area (Å²) in [7, 11) is 0.